The van der Waals surface area contributed by atoms with Crippen LogP contribution < -0.4 is 10.0 Å². The van der Waals surface area contributed by atoms with Crippen molar-refractivity contribution in [3.05, 3.63) is 72.1 Å². The Bertz CT molecular complexity index is 1020. The van der Waals surface area contributed by atoms with Gasteiger partial charge in [-0.05, 0) is 30.2 Å². The van der Waals surface area contributed by atoms with Crippen molar-refractivity contribution in [3.63, 3.8) is 0 Å². The van der Waals surface area contributed by atoms with Crippen LogP contribution in [0.2, 0.25) is 0 Å². The van der Waals surface area contributed by atoms with Gasteiger partial charge in [-0.15, -0.1) is 0 Å². The zero-order chi connectivity index (χ0) is 19.8. The Kier molecular flexibility index (Phi) is 7.11. The first kappa shape index (κ1) is 20.4. The van der Waals surface area contributed by atoms with Crippen LogP contribution in [0.4, 0.5) is 0 Å². The number of nitrogens with one attached hydrogen (secondary N) is 2. The van der Waals surface area contributed by atoms with Gasteiger partial charge in [-0.2, -0.15) is 0 Å². The van der Waals surface area contributed by atoms with Crippen LogP contribution in [0.5, 0.6) is 0 Å². The standard InChI is InChI=1S/C21H25N3O3S/c1-17-5-2-3-6-19(17)16-27-14-13-22-11-12-24-28(25,26)21-8-4-7-18-15-23-10-9-20(18)21/h2-10,15,22,24H,11-14,16H2,1H3. The summed E-state index contributed by atoms with van der Waals surface area (Å²) in [6, 6.07) is 15.0. The number of benzene rings is 2. The number of hydrogen-bond donors (Lipinski definition) is 2. The Labute approximate surface area is 166 Å². The molecule has 3 rings (SSSR count). The van der Waals surface area contributed by atoms with E-state index in [0.29, 0.717) is 38.2 Å². The monoisotopic (exact) mass is 399 g/mol. The smallest absolute Gasteiger partial charge is 0.241 e. The van der Waals surface area contributed by atoms with Gasteiger partial charge in [0.25, 0.3) is 0 Å². The molecule has 148 valence electrons. The largest absolute Gasteiger partial charge is 0.375 e. The van der Waals surface area contributed by atoms with Gasteiger partial charge in [-0.1, -0.05) is 36.4 Å². The molecule has 0 bridgehead atoms. The minimum Gasteiger partial charge on any atom is -0.375 e. The van der Waals surface area contributed by atoms with E-state index in [4.69, 9.17) is 4.74 Å². The molecule has 0 unspecified atom stereocenters. The second kappa shape index (κ2) is 9.75. The molecule has 28 heavy (non-hydrogen) atoms. The molecular formula is C21H25N3O3S. The van der Waals surface area contributed by atoms with E-state index in [1.54, 1.807) is 30.6 Å². The minimum absolute atomic E-state index is 0.272. The third kappa shape index (κ3) is 5.36. The van der Waals surface area contributed by atoms with Crippen LogP contribution in [-0.4, -0.2) is 39.6 Å². The van der Waals surface area contributed by atoms with Gasteiger partial charge < -0.3 is 10.1 Å². The lowest BCUT2D eigenvalue weighted by atomic mass is 10.1. The molecule has 3 aromatic rings. The Morgan fingerprint density at radius 1 is 1.00 bits per heavy atom. The van der Waals surface area contributed by atoms with E-state index in [-0.39, 0.29) is 4.90 Å². The summed E-state index contributed by atoms with van der Waals surface area (Å²) in [7, 11) is -3.57. The molecule has 0 atom stereocenters. The quantitative estimate of drug-likeness (QED) is 0.512. The lowest BCUT2D eigenvalue weighted by molar-refractivity contribution is 0.122. The van der Waals surface area contributed by atoms with Crippen LogP contribution in [0.15, 0.2) is 65.8 Å². The van der Waals surface area contributed by atoms with E-state index in [1.807, 2.05) is 18.2 Å². The number of rotatable bonds is 10. The predicted molar refractivity (Wildman–Crippen MR) is 111 cm³/mol. The summed E-state index contributed by atoms with van der Waals surface area (Å²) in [5.41, 5.74) is 2.40. The van der Waals surface area contributed by atoms with Gasteiger partial charge in [-0.3, -0.25) is 4.98 Å². The number of pyridine rings is 1. The maximum absolute atomic E-state index is 12.6. The number of fused-ring (bicyclic) bond motifs is 1. The molecule has 0 aliphatic heterocycles. The Balaban J connectivity index is 1.39. The second-order valence-corrected chi connectivity index (χ2v) is 8.22. The topological polar surface area (TPSA) is 80.3 Å². The third-order valence-corrected chi connectivity index (χ3v) is 5.99. The van der Waals surface area contributed by atoms with E-state index >= 15 is 0 Å². The number of aryl methyl sites for hydroxylation is 1. The molecule has 0 radical (unpaired) electrons. The van der Waals surface area contributed by atoms with Crippen molar-refractivity contribution in [3.8, 4) is 0 Å². The van der Waals surface area contributed by atoms with Crippen LogP contribution >= 0.6 is 0 Å². The summed E-state index contributed by atoms with van der Waals surface area (Å²) in [4.78, 5) is 4.31. The molecule has 2 N–H and O–H groups in total. The average molecular weight is 400 g/mol. The first-order valence-electron chi connectivity index (χ1n) is 9.23. The summed E-state index contributed by atoms with van der Waals surface area (Å²) in [5, 5.41) is 4.65. The fraction of sp³-hybridized carbons (Fsp3) is 0.286. The maximum Gasteiger partial charge on any atom is 0.241 e. The number of ether oxygens (including phenoxy) is 1. The van der Waals surface area contributed by atoms with E-state index in [9.17, 15) is 8.42 Å². The summed E-state index contributed by atoms with van der Waals surface area (Å²) < 4.78 is 33.5. The predicted octanol–water partition coefficient (Wildman–Crippen LogP) is 2.63. The average Bonchev–Trinajstić information content (AvgIpc) is 2.70. The van der Waals surface area contributed by atoms with Crippen molar-refractivity contribution in [1.82, 2.24) is 15.0 Å². The fourth-order valence-electron chi connectivity index (χ4n) is 2.90. The Morgan fingerprint density at radius 3 is 2.71 bits per heavy atom. The van der Waals surface area contributed by atoms with E-state index in [2.05, 4.69) is 34.1 Å². The van der Waals surface area contributed by atoms with E-state index in [0.717, 1.165) is 5.39 Å². The highest BCUT2D eigenvalue weighted by Gasteiger charge is 2.16. The van der Waals surface area contributed by atoms with Gasteiger partial charge in [0.1, 0.15) is 0 Å². The van der Waals surface area contributed by atoms with Gasteiger partial charge in [0.05, 0.1) is 18.1 Å². The fourth-order valence-corrected chi connectivity index (χ4v) is 4.16. The summed E-state index contributed by atoms with van der Waals surface area (Å²) in [6.45, 7) is 4.71. The molecule has 1 heterocycles. The number of sulfonamides is 1. The maximum atomic E-state index is 12.6. The molecule has 6 nitrogen and oxygen atoms in total. The van der Waals surface area contributed by atoms with Crippen molar-refractivity contribution >= 4 is 20.8 Å². The van der Waals surface area contributed by atoms with Gasteiger partial charge in [0.15, 0.2) is 0 Å². The van der Waals surface area contributed by atoms with Gasteiger partial charge >= 0.3 is 0 Å². The highest BCUT2D eigenvalue weighted by Crippen LogP contribution is 2.21. The molecule has 0 aliphatic carbocycles. The van der Waals surface area contributed by atoms with Crippen LogP contribution in [0.3, 0.4) is 0 Å². The molecule has 1 aromatic heterocycles. The Hall–Kier alpha value is -2.32. The van der Waals surface area contributed by atoms with Crippen LogP contribution in [0, 0.1) is 6.92 Å². The molecular weight excluding hydrogens is 374 g/mol. The highest BCUT2D eigenvalue weighted by molar-refractivity contribution is 7.89. The van der Waals surface area contributed by atoms with Crippen LogP contribution in [0.1, 0.15) is 11.1 Å². The summed E-state index contributed by atoms with van der Waals surface area (Å²) in [6.07, 6.45) is 3.26. The Morgan fingerprint density at radius 2 is 1.86 bits per heavy atom. The van der Waals surface area contributed by atoms with Crippen molar-refractivity contribution < 1.29 is 13.2 Å². The normalized spacial score (nSPS) is 11.8. The summed E-state index contributed by atoms with van der Waals surface area (Å²) >= 11 is 0. The van der Waals surface area contributed by atoms with E-state index < -0.39 is 10.0 Å². The molecule has 2 aromatic carbocycles. The number of aromatic nitrogens is 1. The van der Waals surface area contributed by atoms with Crippen LogP contribution in [0.25, 0.3) is 10.8 Å². The number of hydrogen-bond acceptors (Lipinski definition) is 5. The zero-order valence-electron chi connectivity index (χ0n) is 15.9. The SMILES string of the molecule is Cc1ccccc1COCCNCCNS(=O)(=O)c1cccc2cnccc12. The van der Waals surface area contributed by atoms with Crippen LogP contribution in [-0.2, 0) is 21.4 Å². The third-order valence-electron chi connectivity index (χ3n) is 4.47. The van der Waals surface area contributed by atoms with Crippen molar-refractivity contribution in [1.29, 1.82) is 0 Å². The van der Waals surface area contributed by atoms with Gasteiger partial charge in [0.2, 0.25) is 10.0 Å². The number of nitrogens with zero attached hydrogens (tertiary/aromatic N) is 1. The van der Waals surface area contributed by atoms with Gasteiger partial charge in [-0.25, -0.2) is 13.1 Å². The molecule has 0 aliphatic rings. The van der Waals surface area contributed by atoms with Gasteiger partial charge in [0, 0.05) is 42.8 Å². The first-order valence-corrected chi connectivity index (χ1v) is 10.7. The molecule has 0 saturated carbocycles. The lowest BCUT2D eigenvalue weighted by Gasteiger charge is -2.10. The lowest BCUT2D eigenvalue weighted by Crippen LogP contribution is -2.33. The molecule has 0 saturated heterocycles. The minimum atomic E-state index is -3.57. The molecule has 0 spiro atoms. The van der Waals surface area contributed by atoms with Crippen molar-refractivity contribution in [2.24, 2.45) is 0 Å². The molecule has 0 amide bonds. The molecule has 7 heteroatoms. The molecule has 0 fully saturated rings. The first-order chi connectivity index (χ1) is 13.6. The van der Waals surface area contributed by atoms with E-state index in [1.165, 1.54) is 11.1 Å². The van der Waals surface area contributed by atoms with Crippen molar-refractivity contribution in [2.45, 2.75) is 18.4 Å². The van der Waals surface area contributed by atoms with Crippen molar-refractivity contribution in [2.75, 3.05) is 26.2 Å². The zero-order valence-corrected chi connectivity index (χ0v) is 16.7. The highest BCUT2D eigenvalue weighted by atomic mass is 32.2. The summed E-state index contributed by atoms with van der Waals surface area (Å²) in [5.74, 6) is 0. The second-order valence-electron chi connectivity index (χ2n) is 6.48.